The number of aryl methyl sites for hydroxylation is 1. The Balaban J connectivity index is 2.44. The minimum absolute atomic E-state index is 0.127. The normalized spacial score (nSPS) is 10.4. The second-order valence-electron chi connectivity index (χ2n) is 5.57. The van der Waals surface area contributed by atoms with Gasteiger partial charge in [-0.05, 0) is 26.3 Å². The van der Waals surface area contributed by atoms with E-state index in [0.717, 1.165) is 24.1 Å². The third-order valence-electron chi connectivity index (χ3n) is 3.66. The maximum atomic E-state index is 12.3. The van der Waals surface area contributed by atoms with Crippen LogP contribution in [0.4, 0.5) is 5.82 Å². The molecule has 0 atom stereocenters. The Morgan fingerprint density at radius 1 is 1.30 bits per heavy atom. The van der Waals surface area contributed by atoms with Crippen molar-refractivity contribution in [3.63, 3.8) is 0 Å². The molecule has 0 aliphatic rings. The van der Waals surface area contributed by atoms with Crippen molar-refractivity contribution in [3.8, 4) is 11.4 Å². The summed E-state index contributed by atoms with van der Waals surface area (Å²) in [4.78, 5) is 23.3. The molecule has 0 fully saturated rings. The molecular formula is C18H24N4O. The van der Waals surface area contributed by atoms with E-state index in [9.17, 15) is 4.79 Å². The van der Waals surface area contributed by atoms with E-state index >= 15 is 0 Å². The summed E-state index contributed by atoms with van der Waals surface area (Å²) in [6.07, 6.45) is 2.52. The van der Waals surface area contributed by atoms with Gasteiger partial charge in [0.2, 0.25) is 0 Å². The second kappa shape index (κ2) is 7.72. The van der Waals surface area contributed by atoms with Crippen molar-refractivity contribution in [2.75, 3.05) is 25.0 Å². The Labute approximate surface area is 137 Å². The molecule has 0 aliphatic heterocycles. The minimum atomic E-state index is -0.127. The van der Waals surface area contributed by atoms with Gasteiger partial charge < -0.3 is 10.2 Å². The van der Waals surface area contributed by atoms with Crippen molar-refractivity contribution in [3.05, 3.63) is 41.6 Å². The lowest BCUT2D eigenvalue weighted by atomic mass is 10.1. The van der Waals surface area contributed by atoms with Crippen molar-refractivity contribution in [1.82, 2.24) is 15.3 Å². The summed E-state index contributed by atoms with van der Waals surface area (Å²) in [5, 5.41) is 2.89. The molecule has 1 aromatic heterocycles. The van der Waals surface area contributed by atoms with E-state index in [-0.39, 0.29) is 5.91 Å². The lowest BCUT2D eigenvalue weighted by Gasteiger charge is -2.19. The molecule has 122 valence electrons. The molecule has 5 nitrogen and oxygen atoms in total. The Hall–Kier alpha value is -2.43. The highest BCUT2D eigenvalue weighted by Crippen LogP contribution is 2.22. The average molecular weight is 312 g/mol. The molecule has 1 N–H and O–H groups in total. The zero-order chi connectivity index (χ0) is 16.8. The van der Waals surface area contributed by atoms with Gasteiger partial charge >= 0.3 is 0 Å². The van der Waals surface area contributed by atoms with E-state index in [0.29, 0.717) is 23.8 Å². The van der Waals surface area contributed by atoms with Crippen LogP contribution in [0.15, 0.2) is 30.5 Å². The highest BCUT2D eigenvalue weighted by atomic mass is 16.1. The fourth-order valence-electron chi connectivity index (χ4n) is 2.23. The average Bonchev–Trinajstić information content (AvgIpc) is 2.58. The summed E-state index contributed by atoms with van der Waals surface area (Å²) in [5.41, 5.74) is 2.62. The van der Waals surface area contributed by atoms with E-state index in [1.54, 1.807) is 6.20 Å². The summed E-state index contributed by atoms with van der Waals surface area (Å²) in [5.74, 6) is 1.17. The zero-order valence-corrected chi connectivity index (χ0v) is 14.3. The number of amides is 1. The van der Waals surface area contributed by atoms with Crippen LogP contribution in [0.1, 0.15) is 36.2 Å². The number of anilines is 1. The van der Waals surface area contributed by atoms with E-state index in [1.807, 2.05) is 57.0 Å². The molecule has 2 rings (SSSR count). The molecule has 1 heterocycles. The van der Waals surface area contributed by atoms with Gasteiger partial charge in [0.25, 0.3) is 5.91 Å². The van der Waals surface area contributed by atoms with E-state index in [1.165, 1.54) is 0 Å². The largest absolute Gasteiger partial charge is 0.359 e. The van der Waals surface area contributed by atoms with Crippen molar-refractivity contribution in [2.45, 2.75) is 27.2 Å². The smallest absolute Gasteiger partial charge is 0.256 e. The SMILES string of the molecule is CCCNC(=O)c1cnc(-c2cccc(C)c2)nc1N(C)CC. The third-order valence-corrected chi connectivity index (χ3v) is 3.66. The van der Waals surface area contributed by atoms with Crippen LogP contribution in [0.25, 0.3) is 11.4 Å². The predicted molar refractivity (Wildman–Crippen MR) is 93.8 cm³/mol. The highest BCUT2D eigenvalue weighted by molar-refractivity contribution is 5.98. The number of nitrogens with one attached hydrogen (secondary N) is 1. The van der Waals surface area contributed by atoms with E-state index in [4.69, 9.17) is 0 Å². The summed E-state index contributed by atoms with van der Waals surface area (Å²) in [7, 11) is 1.93. The van der Waals surface area contributed by atoms with Crippen LogP contribution in [-0.2, 0) is 0 Å². The second-order valence-corrected chi connectivity index (χ2v) is 5.57. The van der Waals surface area contributed by atoms with E-state index in [2.05, 4.69) is 15.3 Å². The first-order chi connectivity index (χ1) is 11.1. The Kier molecular flexibility index (Phi) is 5.68. The van der Waals surface area contributed by atoms with Gasteiger partial charge in [0, 0.05) is 31.9 Å². The molecule has 0 unspecified atom stereocenters. The van der Waals surface area contributed by atoms with Gasteiger partial charge in [0.1, 0.15) is 11.4 Å². The van der Waals surface area contributed by atoms with Gasteiger partial charge in [0.05, 0.1) is 0 Å². The van der Waals surface area contributed by atoms with Crippen LogP contribution in [0, 0.1) is 6.92 Å². The molecule has 0 saturated heterocycles. The van der Waals surface area contributed by atoms with Gasteiger partial charge in [-0.15, -0.1) is 0 Å². The van der Waals surface area contributed by atoms with Crippen LogP contribution < -0.4 is 10.2 Å². The van der Waals surface area contributed by atoms with Crippen LogP contribution in [0.3, 0.4) is 0 Å². The molecule has 0 spiro atoms. The molecule has 0 aliphatic carbocycles. The fraction of sp³-hybridized carbons (Fsp3) is 0.389. The summed E-state index contributed by atoms with van der Waals surface area (Å²) < 4.78 is 0. The summed E-state index contributed by atoms with van der Waals surface area (Å²) in [6.45, 7) is 7.50. The van der Waals surface area contributed by atoms with E-state index < -0.39 is 0 Å². The van der Waals surface area contributed by atoms with Crippen LogP contribution in [0.2, 0.25) is 0 Å². The van der Waals surface area contributed by atoms with Gasteiger partial charge in [-0.3, -0.25) is 4.79 Å². The molecule has 0 bridgehead atoms. The minimum Gasteiger partial charge on any atom is -0.359 e. The standard InChI is InChI=1S/C18H24N4O/c1-5-10-19-18(23)15-12-20-16(21-17(15)22(4)6-2)14-9-7-8-13(3)11-14/h7-9,11-12H,5-6,10H2,1-4H3,(H,19,23). The molecule has 5 heteroatoms. The first-order valence-electron chi connectivity index (χ1n) is 8.00. The van der Waals surface area contributed by atoms with Crippen LogP contribution in [0.5, 0.6) is 0 Å². The van der Waals surface area contributed by atoms with Gasteiger partial charge in [-0.25, -0.2) is 9.97 Å². The summed E-state index contributed by atoms with van der Waals surface area (Å²) >= 11 is 0. The molecule has 1 aromatic carbocycles. The highest BCUT2D eigenvalue weighted by Gasteiger charge is 2.17. The lowest BCUT2D eigenvalue weighted by molar-refractivity contribution is 0.0953. The van der Waals surface area contributed by atoms with Crippen molar-refractivity contribution in [2.24, 2.45) is 0 Å². The third kappa shape index (κ3) is 4.06. The number of rotatable bonds is 6. The maximum absolute atomic E-state index is 12.3. The predicted octanol–water partition coefficient (Wildman–Crippen LogP) is 3.05. The molecule has 1 amide bonds. The number of carbonyl (C=O) groups is 1. The van der Waals surface area contributed by atoms with Crippen LogP contribution >= 0.6 is 0 Å². The summed E-state index contributed by atoms with van der Waals surface area (Å²) in [6, 6.07) is 8.05. The zero-order valence-electron chi connectivity index (χ0n) is 14.3. The number of benzene rings is 1. The Morgan fingerprint density at radius 2 is 2.09 bits per heavy atom. The van der Waals surface area contributed by atoms with Crippen molar-refractivity contribution in [1.29, 1.82) is 0 Å². The fourth-order valence-corrected chi connectivity index (χ4v) is 2.23. The number of hydrogen-bond donors (Lipinski definition) is 1. The number of aromatic nitrogens is 2. The molecule has 0 radical (unpaired) electrons. The van der Waals surface area contributed by atoms with Gasteiger partial charge in [-0.2, -0.15) is 0 Å². The number of nitrogens with zero attached hydrogens (tertiary/aromatic N) is 3. The van der Waals surface area contributed by atoms with Gasteiger partial charge in [0.15, 0.2) is 5.82 Å². The Morgan fingerprint density at radius 3 is 2.74 bits per heavy atom. The maximum Gasteiger partial charge on any atom is 0.256 e. The van der Waals surface area contributed by atoms with Crippen molar-refractivity contribution >= 4 is 11.7 Å². The molecule has 23 heavy (non-hydrogen) atoms. The monoisotopic (exact) mass is 312 g/mol. The van der Waals surface area contributed by atoms with Crippen molar-refractivity contribution < 1.29 is 4.79 Å². The first kappa shape index (κ1) is 16.9. The molecular weight excluding hydrogens is 288 g/mol. The topological polar surface area (TPSA) is 58.1 Å². The Bertz CT molecular complexity index is 684. The quantitative estimate of drug-likeness (QED) is 0.890. The lowest BCUT2D eigenvalue weighted by Crippen LogP contribution is -2.28. The first-order valence-corrected chi connectivity index (χ1v) is 8.00. The molecule has 2 aromatic rings. The number of hydrogen-bond acceptors (Lipinski definition) is 4. The number of carbonyl (C=O) groups excluding carboxylic acids is 1. The van der Waals surface area contributed by atoms with Crippen LogP contribution in [-0.4, -0.2) is 36.0 Å². The molecule has 0 saturated carbocycles. The van der Waals surface area contributed by atoms with Gasteiger partial charge in [-0.1, -0.05) is 30.7 Å².